The van der Waals surface area contributed by atoms with E-state index < -0.39 is 0 Å². The number of para-hydroxylation sites is 1. The Kier molecular flexibility index (Phi) is 5.43. The second kappa shape index (κ2) is 8.32. The van der Waals surface area contributed by atoms with Crippen molar-refractivity contribution in [1.82, 2.24) is 24.8 Å². The second-order valence-electron chi connectivity index (χ2n) is 7.12. The maximum absolute atomic E-state index is 9.95. The molecule has 0 aliphatic carbocycles. The van der Waals surface area contributed by atoms with E-state index in [9.17, 15) is 4.79 Å². The number of hydrogen-bond donors (Lipinski definition) is 2. The van der Waals surface area contributed by atoms with Gasteiger partial charge in [0.15, 0.2) is 0 Å². The van der Waals surface area contributed by atoms with Gasteiger partial charge in [0.1, 0.15) is 17.8 Å². The molecule has 1 amide bonds. The molecule has 4 aromatic rings. The normalized spacial score (nSPS) is 12.7. The molecule has 1 aliphatic heterocycles. The van der Waals surface area contributed by atoms with Crippen molar-refractivity contribution in [3.63, 3.8) is 0 Å². The summed E-state index contributed by atoms with van der Waals surface area (Å²) in [5, 5.41) is 4.46. The summed E-state index contributed by atoms with van der Waals surface area (Å²) in [5.74, 6) is 0.403. The maximum atomic E-state index is 9.95. The van der Waals surface area contributed by atoms with Gasteiger partial charge < -0.3 is 15.6 Å². The summed E-state index contributed by atoms with van der Waals surface area (Å²) in [6.45, 7) is 4.21. The number of nitrogen functional groups attached to an aromatic ring is 1. The van der Waals surface area contributed by atoms with Gasteiger partial charge in [0.05, 0.1) is 10.9 Å². The van der Waals surface area contributed by atoms with Crippen molar-refractivity contribution in [2.75, 3.05) is 12.8 Å². The van der Waals surface area contributed by atoms with Crippen molar-refractivity contribution in [3.05, 3.63) is 61.2 Å². The molecule has 1 aliphatic rings. The molecule has 5 rings (SSSR count). The van der Waals surface area contributed by atoms with Gasteiger partial charge in [-0.25, -0.2) is 9.97 Å². The molecule has 3 N–H and O–H groups in total. The number of likely N-dealkylation sites (N-methyl/N-ethyl adjacent to an activating group) is 1. The molecular weight excluding hydrogens is 376 g/mol. The molecule has 0 saturated carbocycles. The van der Waals surface area contributed by atoms with Crippen molar-refractivity contribution in [2.24, 2.45) is 0 Å². The average Bonchev–Trinajstić information content (AvgIpc) is 3.14. The Bertz CT molecular complexity index is 1240. The number of amides is 1. The highest BCUT2D eigenvalue weighted by Gasteiger charge is 2.24. The minimum atomic E-state index is -0.144. The van der Waals surface area contributed by atoms with Crippen LogP contribution < -0.4 is 11.1 Å². The third kappa shape index (κ3) is 3.50. The zero-order valence-corrected chi connectivity index (χ0v) is 16.9. The van der Waals surface area contributed by atoms with E-state index in [4.69, 9.17) is 5.73 Å². The fourth-order valence-corrected chi connectivity index (χ4v) is 3.92. The lowest BCUT2D eigenvalue weighted by Gasteiger charge is -2.16. The first-order chi connectivity index (χ1) is 14.6. The lowest BCUT2D eigenvalue weighted by atomic mass is 9.99. The van der Waals surface area contributed by atoms with Gasteiger partial charge in [0, 0.05) is 42.0 Å². The van der Waals surface area contributed by atoms with Crippen LogP contribution in [0.3, 0.4) is 0 Å². The van der Waals surface area contributed by atoms with Gasteiger partial charge in [-0.1, -0.05) is 24.8 Å². The minimum Gasteiger partial charge on any atom is -0.383 e. The van der Waals surface area contributed by atoms with Gasteiger partial charge in [-0.05, 0) is 37.5 Å². The summed E-state index contributed by atoms with van der Waals surface area (Å²) >= 11 is 0. The maximum Gasteiger partial charge on any atom is 0.243 e. The standard InChI is InChI=1S/C19H17N5.C4H7NO/c20-18-17-16(13-9-12-5-1-2-6-14(12)21-10-13)15-7-3-4-8-24(15)19(17)23-11-22-18;1-3-4(6)5-2/h1-2,5-6,9-11H,3-4,7-8H2,(H2,20,22,23);3H,1H2,2H3,(H,5,6). The van der Waals surface area contributed by atoms with E-state index in [2.05, 4.69) is 43.5 Å². The zero-order chi connectivity index (χ0) is 21.1. The largest absolute Gasteiger partial charge is 0.383 e. The number of rotatable bonds is 2. The Morgan fingerprint density at radius 1 is 1.23 bits per heavy atom. The summed E-state index contributed by atoms with van der Waals surface area (Å²) < 4.78 is 2.31. The van der Waals surface area contributed by atoms with Crippen LogP contribution in [0.15, 0.2) is 55.5 Å². The van der Waals surface area contributed by atoms with Gasteiger partial charge >= 0.3 is 0 Å². The fraction of sp³-hybridized carbons (Fsp3) is 0.217. The summed E-state index contributed by atoms with van der Waals surface area (Å²) in [6.07, 6.45) is 8.13. The first kappa shape index (κ1) is 19.6. The lowest BCUT2D eigenvalue weighted by molar-refractivity contribution is -0.116. The highest BCUT2D eigenvalue weighted by molar-refractivity contribution is 6.03. The third-order valence-corrected chi connectivity index (χ3v) is 5.33. The topological polar surface area (TPSA) is 98.7 Å². The van der Waals surface area contributed by atoms with Crippen LogP contribution in [0.2, 0.25) is 0 Å². The van der Waals surface area contributed by atoms with E-state index in [0.717, 1.165) is 46.0 Å². The van der Waals surface area contributed by atoms with Crippen LogP contribution in [-0.4, -0.2) is 32.5 Å². The molecule has 0 saturated heterocycles. The van der Waals surface area contributed by atoms with Crippen LogP contribution >= 0.6 is 0 Å². The average molecular weight is 400 g/mol. The van der Waals surface area contributed by atoms with Gasteiger partial charge in [-0.15, -0.1) is 0 Å². The molecule has 0 bridgehead atoms. The fourth-order valence-electron chi connectivity index (χ4n) is 3.92. The quantitative estimate of drug-likeness (QED) is 0.502. The van der Waals surface area contributed by atoms with Crippen LogP contribution in [0.4, 0.5) is 5.82 Å². The highest BCUT2D eigenvalue weighted by atomic mass is 16.1. The molecule has 152 valence electrons. The molecule has 1 aromatic carbocycles. The molecule has 0 radical (unpaired) electrons. The van der Waals surface area contributed by atoms with Crippen LogP contribution in [0.25, 0.3) is 33.1 Å². The van der Waals surface area contributed by atoms with Crippen LogP contribution in [0, 0.1) is 0 Å². The molecule has 0 unspecified atom stereocenters. The van der Waals surface area contributed by atoms with Crippen molar-refractivity contribution >= 4 is 33.7 Å². The van der Waals surface area contributed by atoms with E-state index in [1.807, 2.05) is 24.4 Å². The highest BCUT2D eigenvalue weighted by Crippen LogP contribution is 2.39. The van der Waals surface area contributed by atoms with E-state index >= 15 is 0 Å². The predicted octanol–water partition coefficient (Wildman–Crippen LogP) is 3.48. The van der Waals surface area contributed by atoms with Gasteiger partial charge in [-0.3, -0.25) is 9.78 Å². The van der Waals surface area contributed by atoms with Crippen molar-refractivity contribution in [1.29, 1.82) is 0 Å². The van der Waals surface area contributed by atoms with Crippen LogP contribution in [-0.2, 0) is 17.8 Å². The summed E-state index contributed by atoms with van der Waals surface area (Å²) in [7, 11) is 1.56. The van der Waals surface area contributed by atoms with Crippen molar-refractivity contribution < 1.29 is 4.79 Å². The third-order valence-electron chi connectivity index (χ3n) is 5.33. The Balaban J connectivity index is 0.000000322. The molecule has 4 heterocycles. The minimum absolute atomic E-state index is 0.144. The van der Waals surface area contributed by atoms with Gasteiger partial charge in [0.25, 0.3) is 0 Å². The van der Waals surface area contributed by atoms with E-state index in [0.29, 0.717) is 5.82 Å². The number of anilines is 1. The number of pyridine rings is 1. The van der Waals surface area contributed by atoms with E-state index in [1.54, 1.807) is 13.4 Å². The number of carbonyl (C=O) groups excluding carboxylic acids is 1. The van der Waals surface area contributed by atoms with Gasteiger partial charge in [-0.2, -0.15) is 0 Å². The molecule has 0 fully saturated rings. The predicted molar refractivity (Wildman–Crippen MR) is 120 cm³/mol. The number of aryl methyl sites for hydroxylation is 1. The number of hydrogen-bond acceptors (Lipinski definition) is 5. The number of nitrogens with two attached hydrogens (primary N) is 1. The Morgan fingerprint density at radius 2 is 2.07 bits per heavy atom. The first-order valence-corrected chi connectivity index (χ1v) is 9.95. The summed E-state index contributed by atoms with van der Waals surface area (Å²) in [5.41, 5.74) is 11.7. The molecule has 7 nitrogen and oxygen atoms in total. The number of aromatic nitrogens is 4. The second-order valence-corrected chi connectivity index (χ2v) is 7.12. The molecule has 7 heteroatoms. The Labute approximate surface area is 174 Å². The number of benzene rings is 1. The summed E-state index contributed by atoms with van der Waals surface area (Å²) in [6, 6.07) is 10.4. The van der Waals surface area contributed by atoms with Crippen molar-refractivity contribution in [2.45, 2.75) is 25.8 Å². The molecule has 3 aromatic heterocycles. The Hall–Kier alpha value is -3.74. The number of carbonyl (C=O) groups is 1. The van der Waals surface area contributed by atoms with E-state index in [-0.39, 0.29) is 5.91 Å². The molecule has 0 atom stereocenters. The molecular formula is C23H24N6O. The number of fused-ring (bicyclic) bond motifs is 4. The summed E-state index contributed by atoms with van der Waals surface area (Å²) in [4.78, 5) is 23.3. The molecule has 0 spiro atoms. The number of nitrogens with zero attached hydrogens (tertiary/aromatic N) is 4. The molecule has 30 heavy (non-hydrogen) atoms. The van der Waals surface area contributed by atoms with E-state index in [1.165, 1.54) is 24.6 Å². The SMILES string of the molecule is C=CC(=O)NC.Nc1ncnc2c1c(-c1cnc3ccccc3c1)c1n2CCCC1. The van der Waals surface area contributed by atoms with Gasteiger partial charge in [0.2, 0.25) is 5.91 Å². The first-order valence-electron chi connectivity index (χ1n) is 9.95. The van der Waals surface area contributed by atoms with Crippen LogP contribution in [0.1, 0.15) is 18.5 Å². The van der Waals surface area contributed by atoms with Crippen molar-refractivity contribution in [3.8, 4) is 11.1 Å². The van der Waals surface area contributed by atoms with Crippen LogP contribution in [0.5, 0.6) is 0 Å². The zero-order valence-electron chi connectivity index (χ0n) is 16.9. The monoisotopic (exact) mass is 400 g/mol. The lowest BCUT2D eigenvalue weighted by Crippen LogP contribution is -2.13. The number of nitrogens with one attached hydrogen (secondary N) is 1. The Morgan fingerprint density at radius 3 is 2.83 bits per heavy atom. The smallest absolute Gasteiger partial charge is 0.243 e.